The third kappa shape index (κ3) is 54.4. The van der Waals surface area contributed by atoms with Gasteiger partial charge in [-0.1, -0.05) is 219 Å². The molecule has 2 N–H and O–H groups in total. The summed E-state index contributed by atoms with van der Waals surface area (Å²) in [6, 6.07) is 0. The predicted molar refractivity (Wildman–Crippen MR) is 316 cm³/mol. The van der Waals surface area contributed by atoms with Gasteiger partial charge in [0.1, 0.15) is 12.7 Å². The predicted octanol–water partition coefficient (Wildman–Crippen LogP) is 17.4. The van der Waals surface area contributed by atoms with Gasteiger partial charge in [0.25, 0.3) is 0 Å². The van der Waals surface area contributed by atoms with E-state index in [9.17, 15) is 28.9 Å². The number of ether oxygens (including phenoxy) is 3. The molecule has 0 aromatic heterocycles. The van der Waals surface area contributed by atoms with Crippen molar-refractivity contribution >= 4 is 25.7 Å². The molecular weight excluding hydrogens is 976 g/mol. The van der Waals surface area contributed by atoms with Gasteiger partial charge in [0.2, 0.25) is 0 Å². The number of carbonyl (C=O) groups excluding carboxylic acids is 3. The molecule has 0 radical (unpaired) electrons. The standard InChI is InChI=1S/C64H103O11P/c1-4-7-10-13-16-19-22-25-27-29-30-32-34-37-40-43-46-49-52-55-64(68)75-61(57-71-62(66)53-50-47-44-41-38-36-33-31-28-26-23-20-17-14-11-8-5-2)59-73-76(69,70)72-58-60(56-65)74-63(67)54-51-48-45-42-39-35-24-21-18-15-12-9-6-3/h7,9-10,12,16,18-19,21,25-28,30,32,35,37,39-40,45-46,48-49,60-61,65H,4-6,8,11,13-15,17,20,22-24,29,31,33-34,36,38,41-44,47,50-59H2,1-3H3,(H,69,70)/b10-7-,12-9-,19-16-,21-18-,27-25-,28-26-,32-30-,39-35-,40-37-,48-45-,49-46-. The topological polar surface area (TPSA) is 155 Å². The number of aliphatic hydroxyl groups is 1. The molecule has 76 heavy (non-hydrogen) atoms. The summed E-state index contributed by atoms with van der Waals surface area (Å²) in [7, 11) is -4.80. The first kappa shape index (κ1) is 71.6. The number of hydrogen-bond acceptors (Lipinski definition) is 10. The van der Waals surface area contributed by atoms with Gasteiger partial charge < -0.3 is 24.2 Å². The first-order valence-corrected chi connectivity index (χ1v) is 30.6. The van der Waals surface area contributed by atoms with Gasteiger partial charge in [0.15, 0.2) is 6.10 Å². The number of carbonyl (C=O) groups is 3. The monoisotopic (exact) mass is 1080 g/mol. The van der Waals surface area contributed by atoms with Crippen LogP contribution >= 0.6 is 7.82 Å². The van der Waals surface area contributed by atoms with Crippen LogP contribution in [-0.2, 0) is 42.2 Å². The number of esters is 3. The van der Waals surface area contributed by atoms with Crippen LogP contribution in [-0.4, -0.2) is 66.5 Å². The number of phosphoric acid groups is 1. The minimum atomic E-state index is -4.80. The van der Waals surface area contributed by atoms with Crippen molar-refractivity contribution in [3.05, 3.63) is 134 Å². The second kappa shape index (κ2) is 56.8. The zero-order valence-electron chi connectivity index (χ0n) is 47.4. The lowest BCUT2D eigenvalue weighted by Crippen LogP contribution is -2.30. The van der Waals surface area contributed by atoms with E-state index in [1.807, 2.05) is 30.4 Å². The minimum Gasteiger partial charge on any atom is -0.462 e. The lowest BCUT2D eigenvalue weighted by molar-refractivity contribution is -0.161. The molecule has 0 saturated heterocycles. The highest BCUT2D eigenvalue weighted by molar-refractivity contribution is 7.47. The van der Waals surface area contributed by atoms with E-state index in [2.05, 4.69) is 124 Å². The molecule has 0 bridgehead atoms. The summed E-state index contributed by atoms with van der Waals surface area (Å²) >= 11 is 0. The van der Waals surface area contributed by atoms with Gasteiger partial charge in [0.05, 0.1) is 19.8 Å². The molecule has 0 aromatic carbocycles. The molecule has 3 atom stereocenters. The first-order valence-electron chi connectivity index (χ1n) is 29.1. The minimum absolute atomic E-state index is 0.0294. The number of aliphatic hydroxyl groups excluding tert-OH is 1. The fourth-order valence-corrected chi connectivity index (χ4v) is 8.00. The molecule has 0 spiro atoms. The first-order chi connectivity index (χ1) is 37.2. The van der Waals surface area contributed by atoms with Crippen molar-refractivity contribution in [2.24, 2.45) is 0 Å². The van der Waals surface area contributed by atoms with Crippen LogP contribution < -0.4 is 0 Å². The molecule has 0 aromatic rings. The maximum atomic E-state index is 12.9. The Kier molecular flexibility index (Phi) is 53.5. The summed E-state index contributed by atoms with van der Waals surface area (Å²) in [5.74, 6) is -1.67. The van der Waals surface area contributed by atoms with E-state index in [1.165, 1.54) is 64.2 Å². The van der Waals surface area contributed by atoms with E-state index in [-0.39, 0.29) is 25.9 Å². The molecule has 0 saturated carbocycles. The Morgan fingerprint density at radius 1 is 0.382 bits per heavy atom. The lowest BCUT2D eigenvalue weighted by Gasteiger charge is -2.21. The molecule has 0 fully saturated rings. The summed E-state index contributed by atoms with van der Waals surface area (Å²) in [6.45, 7) is 4.22. The highest BCUT2D eigenvalue weighted by Crippen LogP contribution is 2.43. The van der Waals surface area contributed by atoms with E-state index >= 15 is 0 Å². The lowest BCUT2D eigenvalue weighted by atomic mass is 10.1. The molecule has 0 rings (SSSR count). The second-order valence-corrected chi connectivity index (χ2v) is 20.1. The highest BCUT2D eigenvalue weighted by Gasteiger charge is 2.28. The molecule has 0 aliphatic heterocycles. The van der Waals surface area contributed by atoms with Crippen LogP contribution in [0.1, 0.15) is 213 Å². The number of phosphoric ester groups is 1. The fraction of sp³-hybridized carbons (Fsp3) is 0.609. The van der Waals surface area contributed by atoms with Crippen LogP contribution in [0.2, 0.25) is 0 Å². The van der Waals surface area contributed by atoms with Gasteiger partial charge in [-0.05, 0) is 109 Å². The maximum Gasteiger partial charge on any atom is 0.472 e. The second-order valence-electron chi connectivity index (χ2n) is 18.7. The third-order valence-corrected chi connectivity index (χ3v) is 12.5. The van der Waals surface area contributed by atoms with E-state index in [1.54, 1.807) is 0 Å². The Hall–Kier alpha value is -4.38. The van der Waals surface area contributed by atoms with Crippen molar-refractivity contribution in [3.8, 4) is 0 Å². The average Bonchev–Trinajstić information content (AvgIpc) is 3.41. The highest BCUT2D eigenvalue weighted by atomic mass is 31.2. The fourth-order valence-electron chi connectivity index (χ4n) is 7.21. The third-order valence-electron chi connectivity index (χ3n) is 11.6. The molecule has 0 amide bonds. The summed E-state index contributed by atoms with van der Waals surface area (Å²) in [4.78, 5) is 48.5. The van der Waals surface area contributed by atoms with E-state index in [0.717, 1.165) is 83.5 Å². The van der Waals surface area contributed by atoms with Crippen molar-refractivity contribution < 1.29 is 52.2 Å². The summed E-state index contributed by atoms with van der Waals surface area (Å²) < 4.78 is 39.3. The Balaban J connectivity index is 4.92. The Morgan fingerprint density at radius 2 is 0.711 bits per heavy atom. The smallest absolute Gasteiger partial charge is 0.462 e. The van der Waals surface area contributed by atoms with Crippen molar-refractivity contribution in [3.63, 3.8) is 0 Å². The Labute approximate surface area is 461 Å². The maximum absolute atomic E-state index is 12.9. The summed E-state index contributed by atoms with van der Waals surface area (Å²) in [5.41, 5.74) is 0. The Bertz CT molecular complexity index is 1780. The van der Waals surface area contributed by atoms with Crippen molar-refractivity contribution in [2.45, 2.75) is 226 Å². The van der Waals surface area contributed by atoms with E-state index in [4.69, 9.17) is 23.3 Å². The molecule has 12 heteroatoms. The van der Waals surface area contributed by atoms with Crippen LogP contribution in [0.15, 0.2) is 134 Å². The summed E-state index contributed by atoms with van der Waals surface area (Å²) in [5, 5.41) is 9.79. The van der Waals surface area contributed by atoms with E-state index < -0.39 is 57.8 Å². The number of hydrogen-bond donors (Lipinski definition) is 2. The average molecular weight is 1080 g/mol. The van der Waals surface area contributed by atoms with Gasteiger partial charge in [-0.2, -0.15) is 0 Å². The van der Waals surface area contributed by atoms with Crippen molar-refractivity contribution in [1.29, 1.82) is 0 Å². The quantitative estimate of drug-likeness (QED) is 0.0197. The van der Waals surface area contributed by atoms with Gasteiger partial charge in [-0.3, -0.25) is 23.4 Å². The molecule has 430 valence electrons. The number of allylic oxidation sites excluding steroid dienone is 22. The molecule has 0 aliphatic rings. The number of rotatable bonds is 52. The molecular formula is C64H103O11P. The van der Waals surface area contributed by atoms with Gasteiger partial charge >= 0.3 is 25.7 Å². The van der Waals surface area contributed by atoms with Gasteiger partial charge in [-0.15, -0.1) is 0 Å². The normalized spacial score (nSPS) is 14.3. The largest absolute Gasteiger partial charge is 0.472 e. The zero-order chi connectivity index (χ0) is 55.5. The Morgan fingerprint density at radius 3 is 1.11 bits per heavy atom. The van der Waals surface area contributed by atoms with Crippen LogP contribution in [0, 0.1) is 0 Å². The van der Waals surface area contributed by atoms with Crippen LogP contribution in [0.5, 0.6) is 0 Å². The van der Waals surface area contributed by atoms with Crippen molar-refractivity contribution in [2.75, 3.05) is 26.4 Å². The van der Waals surface area contributed by atoms with Gasteiger partial charge in [-0.25, -0.2) is 4.57 Å². The SMILES string of the molecule is CC/C=C\C/C=C\C/C=C\C/C=C\C/C=C\C/C=C\CCC(=O)OC(COC(=O)CCCCCCCCC/C=C\CCCCCCCC)COP(=O)(O)OCC(CO)OC(=O)CC/C=C\C/C=C\C/C=C\C/C=C\CC. The number of unbranched alkanes of at least 4 members (excludes halogenated alkanes) is 13. The van der Waals surface area contributed by atoms with E-state index in [0.29, 0.717) is 25.7 Å². The zero-order valence-corrected chi connectivity index (χ0v) is 48.3. The van der Waals surface area contributed by atoms with Crippen molar-refractivity contribution in [1.82, 2.24) is 0 Å². The molecule has 0 aliphatic carbocycles. The molecule has 0 heterocycles. The van der Waals surface area contributed by atoms with Gasteiger partial charge in [0, 0.05) is 19.3 Å². The molecule has 11 nitrogen and oxygen atoms in total. The van der Waals surface area contributed by atoms with Crippen LogP contribution in [0.4, 0.5) is 0 Å². The van der Waals surface area contributed by atoms with Crippen LogP contribution in [0.25, 0.3) is 0 Å². The molecule has 3 unspecified atom stereocenters. The summed E-state index contributed by atoms with van der Waals surface area (Å²) in [6.07, 6.45) is 71.6. The van der Waals surface area contributed by atoms with Crippen LogP contribution in [0.3, 0.4) is 0 Å².